The Morgan fingerprint density at radius 3 is 2.33 bits per heavy atom. The van der Waals surface area contributed by atoms with Gasteiger partial charge in [0, 0.05) is 11.6 Å². The first-order valence-corrected chi connectivity index (χ1v) is 8.12. The van der Waals surface area contributed by atoms with Crippen LogP contribution in [0, 0.1) is 6.92 Å². The van der Waals surface area contributed by atoms with Gasteiger partial charge in [0.25, 0.3) is 0 Å². The molecule has 6 nitrogen and oxygen atoms in total. The van der Waals surface area contributed by atoms with Gasteiger partial charge in [-0.1, -0.05) is 24.4 Å². The summed E-state index contributed by atoms with van der Waals surface area (Å²) < 4.78 is 26.5. The van der Waals surface area contributed by atoms with E-state index >= 15 is 0 Å². The van der Waals surface area contributed by atoms with Crippen LogP contribution >= 0.6 is 12.2 Å². The molecule has 0 atom stereocenters. The molecule has 0 aliphatic rings. The number of sulfonamides is 1. The number of nitrogens with two attached hydrogens (primary N) is 2. The molecule has 0 aliphatic heterocycles. The van der Waals surface area contributed by atoms with Crippen molar-refractivity contribution in [1.29, 1.82) is 0 Å². The highest BCUT2D eigenvalue weighted by Gasteiger charge is 2.30. The topological polar surface area (TPSA) is 106 Å². The molecule has 0 fully saturated rings. The highest BCUT2D eigenvalue weighted by atomic mass is 32.2. The van der Waals surface area contributed by atoms with Gasteiger partial charge in [0.1, 0.15) is 4.99 Å². The first kappa shape index (κ1) is 17.5. The van der Waals surface area contributed by atoms with Gasteiger partial charge in [0.15, 0.2) is 0 Å². The summed E-state index contributed by atoms with van der Waals surface area (Å²) in [6.07, 6.45) is 0. The van der Waals surface area contributed by atoms with Crippen LogP contribution in [0.3, 0.4) is 0 Å². The molecular weight excluding hydrogens is 310 g/mol. The summed E-state index contributed by atoms with van der Waals surface area (Å²) in [4.78, 5) is 11.3. The number of nitrogens with zero attached hydrogens (tertiary/aromatic N) is 1. The fourth-order valence-corrected chi connectivity index (χ4v) is 3.84. The van der Waals surface area contributed by atoms with Crippen molar-refractivity contribution in [2.24, 2.45) is 11.5 Å². The second kappa shape index (κ2) is 6.50. The van der Waals surface area contributed by atoms with Gasteiger partial charge in [-0.15, -0.1) is 0 Å². The average molecular weight is 329 g/mol. The quantitative estimate of drug-likeness (QED) is 0.740. The van der Waals surface area contributed by atoms with E-state index in [2.05, 4.69) is 0 Å². The predicted molar refractivity (Wildman–Crippen MR) is 85.3 cm³/mol. The highest BCUT2D eigenvalue weighted by Crippen LogP contribution is 2.23. The van der Waals surface area contributed by atoms with Crippen molar-refractivity contribution >= 4 is 33.1 Å². The Balaban J connectivity index is 3.43. The minimum absolute atomic E-state index is 0.0720. The van der Waals surface area contributed by atoms with E-state index in [1.807, 2.05) is 0 Å². The largest absolute Gasteiger partial charge is 0.389 e. The average Bonchev–Trinajstić information content (AvgIpc) is 2.35. The van der Waals surface area contributed by atoms with Crippen LogP contribution in [0.2, 0.25) is 0 Å². The van der Waals surface area contributed by atoms with Crippen LogP contribution in [-0.2, 0) is 14.8 Å². The second-order valence-electron chi connectivity index (χ2n) is 4.95. The molecule has 0 saturated heterocycles. The van der Waals surface area contributed by atoms with E-state index in [4.69, 9.17) is 23.7 Å². The van der Waals surface area contributed by atoms with E-state index in [1.165, 1.54) is 6.07 Å². The smallest absolute Gasteiger partial charge is 0.244 e. The summed E-state index contributed by atoms with van der Waals surface area (Å²) in [6.45, 7) is 4.64. The highest BCUT2D eigenvalue weighted by molar-refractivity contribution is 7.89. The van der Waals surface area contributed by atoms with Gasteiger partial charge < -0.3 is 11.5 Å². The maximum Gasteiger partial charge on any atom is 0.244 e. The lowest BCUT2D eigenvalue weighted by molar-refractivity contribution is -0.118. The first-order valence-electron chi connectivity index (χ1n) is 6.28. The number of amides is 1. The lowest BCUT2D eigenvalue weighted by Crippen LogP contribution is -2.42. The molecule has 1 aromatic rings. The second-order valence-corrected chi connectivity index (χ2v) is 7.25. The summed E-state index contributed by atoms with van der Waals surface area (Å²) in [7, 11) is -3.86. The van der Waals surface area contributed by atoms with E-state index in [0.717, 1.165) is 4.31 Å². The van der Waals surface area contributed by atoms with Gasteiger partial charge >= 0.3 is 0 Å². The normalized spacial score (nSPS) is 11.9. The number of carbonyl (C=O) groups excluding carboxylic acids is 1. The van der Waals surface area contributed by atoms with Gasteiger partial charge in [-0.2, -0.15) is 4.31 Å². The van der Waals surface area contributed by atoms with Gasteiger partial charge in [0.05, 0.1) is 11.4 Å². The molecule has 116 valence electrons. The zero-order chi connectivity index (χ0) is 16.4. The molecule has 0 aliphatic carbocycles. The molecule has 0 radical (unpaired) electrons. The number of hydrogen-bond acceptors (Lipinski definition) is 4. The van der Waals surface area contributed by atoms with Crippen LogP contribution in [0.4, 0.5) is 0 Å². The number of primary amides is 1. The Hall–Kier alpha value is -1.51. The van der Waals surface area contributed by atoms with Crippen LogP contribution in [0.15, 0.2) is 23.1 Å². The Kier molecular flexibility index (Phi) is 5.43. The van der Waals surface area contributed by atoms with Crippen molar-refractivity contribution in [3.8, 4) is 0 Å². The van der Waals surface area contributed by atoms with Gasteiger partial charge in [0.2, 0.25) is 15.9 Å². The van der Waals surface area contributed by atoms with Gasteiger partial charge in [-0.05, 0) is 32.4 Å². The molecule has 0 spiro atoms. The van der Waals surface area contributed by atoms with Crippen molar-refractivity contribution in [2.45, 2.75) is 31.7 Å². The molecule has 0 saturated carbocycles. The van der Waals surface area contributed by atoms with Crippen molar-refractivity contribution in [3.63, 3.8) is 0 Å². The number of hydrogen-bond donors (Lipinski definition) is 2. The standard InChI is InChI=1S/C13H19N3O3S2/c1-8(2)16(7-12(14)17)21(18,19)11-6-10(13(15)20)5-4-9(11)3/h4-6,8H,7H2,1-3H3,(H2,14,17)(H2,15,20). The SMILES string of the molecule is Cc1ccc(C(N)=S)cc1S(=O)(=O)N(CC(N)=O)C(C)C. The third kappa shape index (κ3) is 3.99. The van der Waals surface area contributed by atoms with Crippen molar-refractivity contribution in [2.75, 3.05) is 6.54 Å². The lowest BCUT2D eigenvalue weighted by Gasteiger charge is -2.25. The summed E-state index contributed by atoms with van der Waals surface area (Å²) in [5.41, 5.74) is 11.7. The Bertz CT molecular complexity index is 669. The minimum atomic E-state index is -3.86. The molecule has 21 heavy (non-hydrogen) atoms. The first-order chi connectivity index (χ1) is 9.57. The lowest BCUT2D eigenvalue weighted by atomic mass is 10.1. The fourth-order valence-electron chi connectivity index (χ4n) is 1.86. The number of rotatable bonds is 6. The minimum Gasteiger partial charge on any atom is -0.389 e. The van der Waals surface area contributed by atoms with E-state index in [0.29, 0.717) is 11.1 Å². The van der Waals surface area contributed by atoms with Crippen LogP contribution in [0.5, 0.6) is 0 Å². The maximum absolute atomic E-state index is 12.7. The number of carbonyl (C=O) groups is 1. The van der Waals surface area contributed by atoms with Crippen LogP contribution in [0.25, 0.3) is 0 Å². The molecule has 0 heterocycles. The number of thiocarbonyl (C=S) groups is 1. The molecule has 1 aromatic carbocycles. The summed E-state index contributed by atoms with van der Waals surface area (Å²) in [6, 6.07) is 4.30. The summed E-state index contributed by atoms with van der Waals surface area (Å²) in [5.74, 6) is -0.713. The van der Waals surface area contributed by atoms with Crippen LogP contribution in [0.1, 0.15) is 25.0 Å². The summed E-state index contributed by atoms with van der Waals surface area (Å²) >= 11 is 4.87. The molecule has 1 rings (SSSR count). The molecule has 1 amide bonds. The van der Waals surface area contributed by atoms with Gasteiger partial charge in [-0.25, -0.2) is 8.42 Å². The Morgan fingerprint density at radius 1 is 1.33 bits per heavy atom. The zero-order valence-electron chi connectivity index (χ0n) is 12.2. The molecule has 0 aromatic heterocycles. The maximum atomic E-state index is 12.7. The zero-order valence-corrected chi connectivity index (χ0v) is 13.8. The molecule has 0 unspecified atom stereocenters. The van der Waals surface area contributed by atoms with E-state index < -0.39 is 22.0 Å². The third-order valence-corrected chi connectivity index (χ3v) is 5.35. The van der Waals surface area contributed by atoms with Crippen molar-refractivity contribution < 1.29 is 13.2 Å². The van der Waals surface area contributed by atoms with E-state index in [9.17, 15) is 13.2 Å². The third-order valence-electron chi connectivity index (χ3n) is 2.95. The molecular formula is C13H19N3O3S2. The molecule has 4 N–H and O–H groups in total. The predicted octanol–water partition coefficient (Wildman–Crippen LogP) is 0.514. The van der Waals surface area contributed by atoms with Crippen molar-refractivity contribution in [1.82, 2.24) is 4.31 Å². The number of benzene rings is 1. The van der Waals surface area contributed by atoms with E-state index in [-0.39, 0.29) is 16.4 Å². The van der Waals surface area contributed by atoms with Crippen molar-refractivity contribution in [3.05, 3.63) is 29.3 Å². The van der Waals surface area contributed by atoms with Crippen LogP contribution in [-0.4, -0.2) is 36.2 Å². The van der Waals surface area contributed by atoms with E-state index in [1.54, 1.807) is 32.9 Å². The Morgan fingerprint density at radius 2 is 1.90 bits per heavy atom. The van der Waals surface area contributed by atoms with Gasteiger partial charge in [-0.3, -0.25) is 4.79 Å². The number of aryl methyl sites for hydroxylation is 1. The fraction of sp³-hybridized carbons (Fsp3) is 0.385. The molecule has 8 heteroatoms. The molecule has 0 bridgehead atoms. The Labute approximate surface area is 130 Å². The monoisotopic (exact) mass is 329 g/mol. The van der Waals surface area contributed by atoms with Crippen LogP contribution < -0.4 is 11.5 Å². The summed E-state index contributed by atoms with van der Waals surface area (Å²) in [5, 5.41) is 0.